The predicted molar refractivity (Wildman–Crippen MR) is 163 cm³/mol. The number of aryl methyl sites for hydroxylation is 1. The number of carbonyl (C=O) groups excluding carboxylic acids is 1. The lowest BCUT2D eigenvalue weighted by Crippen LogP contribution is -2.04. The highest BCUT2D eigenvalue weighted by Crippen LogP contribution is 2.29. The number of ketones is 1. The van der Waals surface area contributed by atoms with Crippen molar-refractivity contribution in [3.8, 4) is 0 Å². The van der Waals surface area contributed by atoms with Crippen molar-refractivity contribution in [2.24, 2.45) is 4.99 Å². The molecule has 0 N–H and O–H groups in total. The van der Waals surface area contributed by atoms with Crippen molar-refractivity contribution in [3.05, 3.63) is 118 Å². The summed E-state index contributed by atoms with van der Waals surface area (Å²) in [6.07, 6.45) is -0.747. The molecule has 3 rings (SSSR count). The van der Waals surface area contributed by atoms with E-state index in [9.17, 15) is 18.0 Å². The molecule has 0 aliphatic heterocycles. The predicted octanol–water partition coefficient (Wildman–Crippen LogP) is 10.6. The minimum atomic E-state index is -4.22. The third kappa shape index (κ3) is 12.6. The van der Waals surface area contributed by atoms with Crippen LogP contribution in [0.4, 0.5) is 13.2 Å². The van der Waals surface area contributed by atoms with Crippen molar-refractivity contribution >= 4 is 11.5 Å². The zero-order valence-corrected chi connectivity index (χ0v) is 25.0. The molecule has 216 valence electrons. The average Bonchev–Trinajstić information content (AvgIpc) is 2.94. The Labute approximate surface area is 239 Å². The molecule has 0 aliphatic rings. The first kappa shape index (κ1) is 34.6. The molecule has 0 saturated carbocycles. The minimum absolute atomic E-state index is 0.154. The van der Waals surface area contributed by atoms with Crippen LogP contribution >= 0.6 is 0 Å². The summed E-state index contributed by atoms with van der Waals surface area (Å²) < 4.78 is 36.1. The normalized spacial score (nSPS) is 11.4. The standard InChI is InChI=1S/C14H14.C12H21NO.C9H9F3/c1-12(13-8-4-2-5-9-13)14-10-6-3-7-11-14;1-6-8-12(13-9(3)4)11(7-2)10(5)14;1-2-7-3-5-8(6-4-7)9(10,11)12/h2-12H,1H3;6-8H2,1-5H3;3-6H,2H2,1H3/b;12-11-;. The van der Waals surface area contributed by atoms with Gasteiger partial charge < -0.3 is 0 Å². The van der Waals surface area contributed by atoms with Crippen molar-refractivity contribution < 1.29 is 18.0 Å². The van der Waals surface area contributed by atoms with Crippen LogP contribution in [0, 0.1) is 0 Å². The highest BCUT2D eigenvalue weighted by atomic mass is 19.4. The van der Waals surface area contributed by atoms with E-state index in [1.807, 2.05) is 27.7 Å². The number of alkyl halides is 3. The Morgan fingerprint density at radius 2 is 1.25 bits per heavy atom. The molecule has 0 heterocycles. The van der Waals surface area contributed by atoms with E-state index in [0.717, 1.165) is 60.4 Å². The molecule has 0 aliphatic carbocycles. The maximum Gasteiger partial charge on any atom is 0.416 e. The van der Waals surface area contributed by atoms with Crippen molar-refractivity contribution in [1.82, 2.24) is 0 Å². The summed E-state index contributed by atoms with van der Waals surface area (Å²) in [6.45, 7) is 13.8. The maximum atomic E-state index is 12.0. The largest absolute Gasteiger partial charge is 0.416 e. The van der Waals surface area contributed by atoms with E-state index in [2.05, 4.69) is 79.5 Å². The topological polar surface area (TPSA) is 29.4 Å². The van der Waals surface area contributed by atoms with Crippen LogP contribution in [-0.2, 0) is 17.4 Å². The molecule has 2 nitrogen and oxygen atoms in total. The summed E-state index contributed by atoms with van der Waals surface area (Å²) >= 11 is 0. The van der Waals surface area contributed by atoms with Gasteiger partial charge in [0, 0.05) is 22.9 Å². The van der Waals surface area contributed by atoms with Crippen molar-refractivity contribution in [3.63, 3.8) is 0 Å². The van der Waals surface area contributed by atoms with E-state index in [1.165, 1.54) is 23.3 Å². The van der Waals surface area contributed by atoms with Gasteiger partial charge in [-0.3, -0.25) is 9.79 Å². The van der Waals surface area contributed by atoms with Crippen LogP contribution < -0.4 is 0 Å². The molecule has 0 fully saturated rings. The smallest absolute Gasteiger partial charge is 0.295 e. The second kappa shape index (κ2) is 18.0. The van der Waals surface area contributed by atoms with Gasteiger partial charge in [-0.2, -0.15) is 13.2 Å². The number of allylic oxidation sites excluding steroid dienone is 2. The Bertz CT molecular complexity index is 1150. The van der Waals surface area contributed by atoms with E-state index in [-0.39, 0.29) is 5.78 Å². The van der Waals surface area contributed by atoms with Crippen molar-refractivity contribution in [2.75, 3.05) is 0 Å². The Morgan fingerprint density at radius 1 is 0.775 bits per heavy atom. The van der Waals surface area contributed by atoms with Crippen molar-refractivity contribution in [1.29, 1.82) is 0 Å². The van der Waals surface area contributed by atoms with Gasteiger partial charge in [0.05, 0.1) is 5.56 Å². The number of Topliss-reactive ketones (excluding diaryl/α,β-unsaturated/α-hetero) is 1. The van der Waals surface area contributed by atoms with Crippen LogP contribution in [0.3, 0.4) is 0 Å². The van der Waals surface area contributed by atoms with Gasteiger partial charge >= 0.3 is 6.18 Å². The summed E-state index contributed by atoms with van der Waals surface area (Å²) in [7, 11) is 0. The lowest BCUT2D eigenvalue weighted by atomic mass is 9.93. The van der Waals surface area contributed by atoms with Crippen LogP contribution in [0.25, 0.3) is 0 Å². The second-order valence-electron chi connectivity index (χ2n) is 9.74. The molecule has 0 bridgehead atoms. The number of benzene rings is 3. The average molecular weight is 552 g/mol. The Kier molecular flexibility index (Phi) is 15.5. The molecule has 0 amide bonds. The zero-order valence-electron chi connectivity index (χ0n) is 25.0. The molecule has 3 aromatic carbocycles. The third-order valence-electron chi connectivity index (χ3n) is 6.26. The molecule has 0 radical (unpaired) electrons. The maximum absolute atomic E-state index is 12.0. The van der Waals surface area contributed by atoms with Gasteiger partial charge in [0.25, 0.3) is 0 Å². The van der Waals surface area contributed by atoms with Gasteiger partial charge in [0.15, 0.2) is 5.78 Å². The molecular formula is C35H44F3NO. The van der Waals surface area contributed by atoms with E-state index >= 15 is 0 Å². The molecule has 0 saturated heterocycles. The summed E-state index contributed by atoms with van der Waals surface area (Å²) in [5.41, 5.74) is 5.95. The van der Waals surface area contributed by atoms with Gasteiger partial charge in [-0.25, -0.2) is 0 Å². The number of hydrogen-bond donors (Lipinski definition) is 0. The van der Waals surface area contributed by atoms with Crippen LogP contribution in [0.15, 0.2) is 101 Å². The fourth-order valence-electron chi connectivity index (χ4n) is 4.04. The van der Waals surface area contributed by atoms with Crippen molar-refractivity contribution in [2.45, 2.75) is 86.2 Å². The highest BCUT2D eigenvalue weighted by molar-refractivity contribution is 5.94. The molecule has 0 unspecified atom stereocenters. The van der Waals surface area contributed by atoms with Gasteiger partial charge in [0.1, 0.15) is 0 Å². The van der Waals surface area contributed by atoms with Gasteiger partial charge in [-0.15, -0.1) is 0 Å². The summed E-state index contributed by atoms with van der Waals surface area (Å²) in [4.78, 5) is 15.8. The molecule has 0 aromatic heterocycles. The fourth-order valence-corrected chi connectivity index (χ4v) is 4.04. The van der Waals surface area contributed by atoms with Crippen LogP contribution in [0.2, 0.25) is 0 Å². The number of halogens is 3. The zero-order chi connectivity index (χ0) is 30.1. The molecule has 0 spiro atoms. The SMILES string of the molecule is CC(c1ccccc1)c1ccccc1.CCC/C(N=C(C)C)=C(\CC)C(C)=O.CCc1ccc(C(F)(F)F)cc1. The number of rotatable bonds is 8. The number of nitrogens with zero attached hydrogens (tertiary/aromatic N) is 1. The van der Waals surface area contributed by atoms with E-state index in [1.54, 1.807) is 6.92 Å². The Hall–Kier alpha value is -3.47. The molecule has 40 heavy (non-hydrogen) atoms. The van der Waals surface area contributed by atoms with Crippen LogP contribution in [0.5, 0.6) is 0 Å². The first-order valence-corrected chi connectivity index (χ1v) is 13.9. The van der Waals surface area contributed by atoms with Gasteiger partial charge in [0.2, 0.25) is 0 Å². The number of hydrogen-bond acceptors (Lipinski definition) is 2. The Balaban J connectivity index is 0.000000301. The van der Waals surface area contributed by atoms with Crippen LogP contribution in [-0.4, -0.2) is 11.5 Å². The quantitative estimate of drug-likeness (QED) is 0.202. The fraction of sp³-hybridized carbons (Fsp3) is 0.371. The van der Waals surface area contributed by atoms with E-state index in [0.29, 0.717) is 5.92 Å². The molecule has 5 heteroatoms. The van der Waals surface area contributed by atoms with Gasteiger partial charge in [-0.05, 0) is 68.9 Å². The Morgan fingerprint density at radius 3 is 1.57 bits per heavy atom. The van der Waals surface area contributed by atoms with E-state index in [4.69, 9.17) is 0 Å². The number of carbonyl (C=O) groups is 1. The first-order valence-electron chi connectivity index (χ1n) is 13.9. The lowest BCUT2D eigenvalue weighted by molar-refractivity contribution is -0.137. The van der Waals surface area contributed by atoms with Crippen LogP contribution in [0.1, 0.15) is 95.9 Å². The highest BCUT2D eigenvalue weighted by Gasteiger charge is 2.29. The molecule has 3 aromatic rings. The van der Waals surface area contributed by atoms with Gasteiger partial charge in [-0.1, -0.05) is 107 Å². The summed E-state index contributed by atoms with van der Waals surface area (Å²) in [5, 5.41) is 0. The lowest BCUT2D eigenvalue weighted by Gasteiger charge is -2.11. The third-order valence-corrected chi connectivity index (χ3v) is 6.26. The first-order chi connectivity index (χ1) is 18.9. The minimum Gasteiger partial charge on any atom is -0.295 e. The van der Waals surface area contributed by atoms with E-state index < -0.39 is 11.7 Å². The molecule has 0 atom stereocenters. The summed E-state index contributed by atoms with van der Waals surface area (Å²) in [5.74, 6) is 0.637. The monoisotopic (exact) mass is 551 g/mol. The second-order valence-corrected chi connectivity index (χ2v) is 9.74. The number of aliphatic imine (C=N–C) groups is 1. The molecular weight excluding hydrogens is 507 g/mol. The summed E-state index contributed by atoms with van der Waals surface area (Å²) in [6, 6.07) is 26.4.